The van der Waals surface area contributed by atoms with Crippen LogP contribution in [0.25, 0.3) is 0 Å². The Morgan fingerprint density at radius 2 is 2.05 bits per heavy atom. The van der Waals surface area contributed by atoms with Crippen molar-refractivity contribution in [3.8, 4) is 0 Å². The summed E-state index contributed by atoms with van der Waals surface area (Å²) in [6.07, 6.45) is 2.10. The minimum absolute atomic E-state index is 0.0714. The predicted octanol–water partition coefficient (Wildman–Crippen LogP) is 3.58. The number of amides is 1. The average molecular weight is 308 g/mol. The van der Waals surface area contributed by atoms with Crippen LogP contribution in [0, 0.1) is 0 Å². The molecule has 4 heteroatoms. The van der Waals surface area contributed by atoms with Crippen molar-refractivity contribution in [3.63, 3.8) is 0 Å². The molecule has 0 aliphatic rings. The first-order valence-corrected chi connectivity index (χ1v) is 8.71. The van der Waals surface area contributed by atoms with Crippen molar-refractivity contribution in [1.82, 2.24) is 10.6 Å². The summed E-state index contributed by atoms with van der Waals surface area (Å²) < 4.78 is 0. The highest BCUT2D eigenvalue weighted by Crippen LogP contribution is 2.24. The fourth-order valence-electron chi connectivity index (χ4n) is 1.86. The van der Waals surface area contributed by atoms with Gasteiger partial charge < -0.3 is 10.6 Å². The van der Waals surface area contributed by atoms with Crippen LogP contribution in [0.3, 0.4) is 0 Å². The molecular formula is C17H28N2OS. The van der Waals surface area contributed by atoms with Gasteiger partial charge in [-0.1, -0.05) is 26.0 Å². The molecule has 0 spiro atoms. The van der Waals surface area contributed by atoms with Gasteiger partial charge in [-0.05, 0) is 50.9 Å². The lowest BCUT2D eigenvalue weighted by molar-refractivity contribution is -0.120. The zero-order valence-corrected chi connectivity index (χ0v) is 14.4. The topological polar surface area (TPSA) is 41.1 Å². The summed E-state index contributed by atoms with van der Waals surface area (Å²) in [5.74, 6) is 0.115. The molecule has 21 heavy (non-hydrogen) atoms. The fourth-order valence-corrected chi connectivity index (χ4v) is 2.82. The van der Waals surface area contributed by atoms with Crippen LogP contribution in [-0.4, -0.2) is 23.7 Å². The van der Waals surface area contributed by atoms with Crippen molar-refractivity contribution in [1.29, 1.82) is 0 Å². The first kappa shape index (κ1) is 18.1. The molecular weight excluding hydrogens is 280 g/mol. The van der Waals surface area contributed by atoms with E-state index in [1.54, 1.807) is 11.8 Å². The first-order chi connectivity index (χ1) is 10.1. The first-order valence-electron chi connectivity index (χ1n) is 7.83. The Labute approximate surface area is 133 Å². The summed E-state index contributed by atoms with van der Waals surface area (Å²) >= 11 is 1.62. The van der Waals surface area contributed by atoms with Crippen molar-refractivity contribution in [2.45, 2.75) is 63.3 Å². The van der Waals surface area contributed by atoms with Crippen molar-refractivity contribution in [2.24, 2.45) is 0 Å². The predicted molar refractivity (Wildman–Crippen MR) is 91.7 cm³/mol. The molecule has 3 nitrogen and oxygen atoms in total. The summed E-state index contributed by atoms with van der Waals surface area (Å²) in [5.41, 5.74) is 1.27. The summed E-state index contributed by atoms with van der Waals surface area (Å²) in [5, 5.41) is 6.36. The van der Waals surface area contributed by atoms with Gasteiger partial charge in [0.05, 0.1) is 5.25 Å². The number of hydrogen-bond donors (Lipinski definition) is 2. The molecule has 1 aromatic rings. The standard InChI is InChI=1S/C17H28N2OS/c1-5-10-18-12-15-8-7-9-16(11-15)21-14(4)17(20)19-13(3)6-2/h7-9,11,13-14,18H,5-6,10,12H2,1-4H3,(H,19,20). The van der Waals surface area contributed by atoms with Crippen LogP contribution in [0.4, 0.5) is 0 Å². The zero-order valence-electron chi connectivity index (χ0n) is 13.6. The number of hydrogen-bond acceptors (Lipinski definition) is 3. The second kappa shape index (κ2) is 9.85. The Morgan fingerprint density at radius 3 is 2.71 bits per heavy atom. The van der Waals surface area contributed by atoms with Crippen molar-refractivity contribution < 1.29 is 4.79 Å². The number of rotatable bonds is 9. The van der Waals surface area contributed by atoms with Gasteiger partial charge in [0.15, 0.2) is 0 Å². The lowest BCUT2D eigenvalue weighted by atomic mass is 10.2. The normalized spacial score (nSPS) is 13.7. The van der Waals surface area contributed by atoms with E-state index in [0.29, 0.717) is 0 Å². The quantitative estimate of drug-likeness (QED) is 0.541. The number of benzene rings is 1. The van der Waals surface area contributed by atoms with Crippen molar-refractivity contribution in [3.05, 3.63) is 29.8 Å². The van der Waals surface area contributed by atoms with E-state index >= 15 is 0 Å². The van der Waals surface area contributed by atoms with Crippen molar-refractivity contribution in [2.75, 3.05) is 6.54 Å². The molecule has 0 aliphatic heterocycles. The number of thioether (sulfide) groups is 1. The maximum Gasteiger partial charge on any atom is 0.233 e. The molecule has 0 aliphatic carbocycles. The fraction of sp³-hybridized carbons (Fsp3) is 0.588. The summed E-state index contributed by atoms with van der Waals surface area (Å²) in [4.78, 5) is 13.2. The molecule has 0 bridgehead atoms. The lowest BCUT2D eigenvalue weighted by Crippen LogP contribution is -2.37. The molecule has 0 saturated carbocycles. The Balaban J connectivity index is 2.53. The van der Waals surface area contributed by atoms with E-state index in [1.165, 1.54) is 5.56 Å². The van der Waals surface area contributed by atoms with Gasteiger partial charge in [0.2, 0.25) is 5.91 Å². The molecule has 0 fully saturated rings. The van der Waals surface area contributed by atoms with Crippen LogP contribution in [0.5, 0.6) is 0 Å². The maximum absolute atomic E-state index is 12.1. The molecule has 1 aromatic carbocycles. The molecule has 0 aromatic heterocycles. The largest absolute Gasteiger partial charge is 0.353 e. The second-order valence-electron chi connectivity index (χ2n) is 5.40. The highest BCUT2D eigenvalue weighted by molar-refractivity contribution is 8.00. The molecule has 1 rings (SSSR count). The van der Waals surface area contributed by atoms with Gasteiger partial charge >= 0.3 is 0 Å². The van der Waals surface area contributed by atoms with Crippen molar-refractivity contribution >= 4 is 17.7 Å². The Hall–Kier alpha value is -1.00. The van der Waals surface area contributed by atoms with Crippen LogP contribution in [0.2, 0.25) is 0 Å². The highest BCUT2D eigenvalue weighted by atomic mass is 32.2. The highest BCUT2D eigenvalue weighted by Gasteiger charge is 2.15. The average Bonchev–Trinajstić information content (AvgIpc) is 2.47. The van der Waals surface area contributed by atoms with E-state index in [-0.39, 0.29) is 17.2 Å². The summed E-state index contributed by atoms with van der Waals surface area (Å²) in [6.45, 7) is 10.2. The monoisotopic (exact) mass is 308 g/mol. The SMILES string of the molecule is CCCNCc1cccc(SC(C)C(=O)NC(C)CC)c1. The number of carbonyl (C=O) groups is 1. The van der Waals surface area contributed by atoms with Gasteiger partial charge in [0.25, 0.3) is 0 Å². The molecule has 0 saturated heterocycles. The minimum atomic E-state index is -0.0714. The number of carbonyl (C=O) groups excluding carboxylic acids is 1. The molecule has 2 atom stereocenters. The van der Waals surface area contributed by atoms with Crippen LogP contribution < -0.4 is 10.6 Å². The van der Waals surface area contributed by atoms with Gasteiger partial charge in [-0.3, -0.25) is 4.79 Å². The van der Waals surface area contributed by atoms with Crippen LogP contribution in [-0.2, 0) is 11.3 Å². The Morgan fingerprint density at radius 1 is 1.29 bits per heavy atom. The molecule has 0 radical (unpaired) electrons. The van der Waals surface area contributed by atoms with Gasteiger partial charge in [0.1, 0.15) is 0 Å². The van der Waals surface area contributed by atoms with E-state index < -0.39 is 0 Å². The van der Waals surface area contributed by atoms with Gasteiger partial charge in [-0.15, -0.1) is 11.8 Å². The third kappa shape index (κ3) is 7.00. The molecule has 2 N–H and O–H groups in total. The minimum Gasteiger partial charge on any atom is -0.353 e. The summed E-state index contributed by atoms with van der Waals surface area (Å²) in [6, 6.07) is 8.66. The van der Waals surface area contributed by atoms with Gasteiger partial charge in [0, 0.05) is 17.5 Å². The summed E-state index contributed by atoms with van der Waals surface area (Å²) in [7, 11) is 0. The van der Waals surface area contributed by atoms with E-state index in [9.17, 15) is 4.79 Å². The second-order valence-corrected chi connectivity index (χ2v) is 6.82. The third-order valence-electron chi connectivity index (χ3n) is 3.34. The smallest absolute Gasteiger partial charge is 0.233 e. The maximum atomic E-state index is 12.1. The van der Waals surface area contributed by atoms with Gasteiger partial charge in [-0.25, -0.2) is 0 Å². The molecule has 118 valence electrons. The molecule has 2 unspecified atom stereocenters. The van der Waals surface area contributed by atoms with Crippen LogP contribution in [0.15, 0.2) is 29.2 Å². The van der Waals surface area contributed by atoms with Gasteiger partial charge in [-0.2, -0.15) is 0 Å². The van der Waals surface area contributed by atoms with E-state index in [0.717, 1.165) is 30.8 Å². The Kier molecular flexibility index (Phi) is 8.47. The molecule has 1 amide bonds. The van der Waals surface area contributed by atoms with E-state index in [2.05, 4.69) is 48.7 Å². The zero-order chi connectivity index (χ0) is 15.7. The lowest BCUT2D eigenvalue weighted by Gasteiger charge is -2.16. The van der Waals surface area contributed by atoms with Crippen LogP contribution in [0.1, 0.15) is 46.1 Å². The van der Waals surface area contributed by atoms with E-state index in [4.69, 9.17) is 0 Å². The molecule has 0 heterocycles. The van der Waals surface area contributed by atoms with E-state index in [1.807, 2.05) is 13.8 Å². The van der Waals surface area contributed by atoms with Crippen LogP contribution >= 0.6 is 11.8 Å². The third-order valence-corrected chi connectivity index (χ3v) is 4.43. The number of nitrogens with one attached hydrogen (secondary N) is 2. The Bertz CT molecular complexity index is 437.